The number of hydrogen-bond acceptors (Lipinski definition) is 1. The van der Waals surface area contributed by atoms with E-state index in [1.54, 1.807) is 0 Å². The fourth-order valence-electron chi connectivity index (χ4n) is 1.07. The van der Waals surface area contributed by atoms with Crippen LogP contribution in [0, 0.1) is 5.41 Å². The number of rotatable bonds is 0. The monoisotopic (exact) mass is 125 g/mol. The van der Waals surface area contributed by atoms with Gasteiger partial charge in [0.2, 0.25) is 0 Å². The summed E-state index contributed by atoms with van der Waals surface area (Å²) >= 11 is 0. The average Bonchev–Trinajstić information content (AvgIpc) is 2.08. The minimum absolute atomic E-state index is 0.330. The first-order valence-electron chi connectivity index (χ1n) is 3.55. The van der Waals surface area contributed by atoms with Crippen molar-refractivity contribution in [3.05, 3.63) is 11.8 Å². The van der Waals surface area contributed by atoms with Gasteiger partial charge in [0, 0.05) is 17.7 Å². The van der Waals surface area contributed by atoms with E-state index in [0.717, 1.165) is 6.54 Å². The molecule has 0 saturated carbocycles. The minimum atomic E-state index is 0.330. The first-order valence-corrected chi connectivity index (χ1v) is 3.55. The number of allylic oxidation sites excluding steroid dienone is 1. The molecule has 9 heavy (non-hydrogen) atoms. The van der Waals surface area contributed by atoms with Gasteiger partial charge < -0.3 is 5.32 Å². The van der Waals surface area contributed by atoms with Crippen LogP contribution in [0.1, 0.15) is 27.2 Å². The molecule has 1 N–H and O–H groups in total. The van der Waals surface area contributed by atoms with Gasteiger partial charge >= 0.3 is 0 Å². The first-order chi connectivity index (χ1) is 4.11. The van der Waals surface area contributed by atoms with Crippen LogP contribution in [-0.4, -0.2) is 6.54 Å². The molecular weight excluding hydrogens is 110 g/mol. The largest absolute Gasteiger partial charge is 0.388 e. The van der Waals surface area contributed by atoms with Crippen molar-refractivity contribution in [2.24, 2.45) is 5.41 Å². The lowest BCUT2D eigenvalue weighted by atomic mass is 9.92. The summed E-state index contributed by atoms with van der Waals surface area (Å²) < 4.78 is 0. The molecule has 1 heteroatoms. The maximum absolute atomic E-state index is 3.36. The van der Waals surface area contributed by atoms with Crippen LogP contribution in [0.3, 0.4) is 0 Å². The third-order valence-corrected chi connectivity index (χ3v) is 1.62. The summed E-state index contributed by atoms with van der Waals surface area (Å²) in [6.07, 6.45) is 3.49. The van der Waals surface area contributed by atoms with Crippen molar-refractivity contribution < 1.29 is 0 Å². The Morgan fingerprint density at radius 1 is 1.44 bits per heavy atom. The Morgan fingerprint density at radius 2 is 2.11 bits per heavy atom. The summed E-state index contributed by atoms with van der Waals surface area (Å²) in [6, 6.07) is 0. The second kappa shape index (κ2) is 2.05. The minimum Gasteiger partial charge on any atom is -0.388 e. The number of hydrogen-bond donors (Lipinski definition) is 1. The lowest BCUT2D eigenvalue weighted by Gasteiger charge is -2.20. The quantitative estimate of drug-likeness (QED) is 0.521. The molecule has 0 atom stereocenters. The Hall–Kier alpha value is -0.460. The second-order valence-electron chi connectivity index (χ2n) is 3.58. The van der Waals surface area contributed by atoms with E-state index in [4.69, 9.17) is 0 Å². The Labute approximate surface area is 57.1 Å². The van der Waals surface area contributed by atoms with Crippen molar-refractivity contribution >= 4 is 0 Å². The lowest BCUT2D eigenvalue weighted by molar-refractivity contribution is 0.474. The van der Waals surface area contributed by atoms with Gasteiger partial charge in [-0.15, -0.1) is 0 Å². The molecular formula is C8H15N. The van der Waals surface area contributed by atoms with E-state index in [2.05, 4.69) is 32.2 Å². The Balaban J connectivity index is 2.61. The van der Waals surface area contributed by atoms with Gasteiger partial charge in [-0.2, -0.15) is 0 Å². The van der Waals surface area contributed by atoms with Gasteiger partial charge in [0.25, 0.3) is 0 Å². The zero-order valence-corrected chi connectivity index (χ0v) is 6.49. The highest BCUT2D eigenvalue weighted by Crippen LogP contribution is 2.25. The van der Waals surface area contributed by atoms with Crippen LogP contribution in [0.15, 0.2) is 11.8 Å². The van der Waals surface area contributed by atoms with Gasteiger partial charge in [0.15, 0.2) is 0 Å². The summed E-state index contributed by atoms with van der Waals surface area (Å²) in [5, 5.41) is 3.36. The third kappa shape index (κ3) is 1.47. The Morgan fingerprint density at radius 3 is 2.33 bits per heavy atom. The van der Waals surface area contributed by atoms with E-state index in [-0.39, 0.29) is 0 Å². The zero-order valence-electron chi connectivity index (χ0n) is 6.49. The van der Waals surface area contributed by atoms with Crippen LogP contribution >= 0.6 is 0 Å². The van der Waals surface area contributed by atoms with E-state index in [0.29, 0.717) is 5.41 Å². The summed E-state index contributed by atoms with van der Waals surface area (Å²) in [5.74, 6) is 0. The fraction of sp³-hybridized carbons (Fsp3) is 0.750. The molecule has 0 unspecified atom stereocenters. The van der Waals surface area contributed by atoms with Gasteiger partial charge in [-0.1, -0.05) is 26.8 Å². The second-order valence-corrected chi connectivity index (χ2v) is 3.58. The molecule has 0 aliphatic carbocycles. The molecule has 0 saturated heterocycles. The van der Waals surface area contributed by atoms with Crippen molar-refractivity contribution in [1.29, 1.82) is 0 Å². The first kappa shape index (κ1) is 6.66. The summed E-state index contributed by atoms with van der Waals surface area (Å²) in [7, 11) is 0. The smallest absolute Gasteiger partial charge is 0.0179 e. The van der Waals surface area contributed by atoms with E-state index in [1.165, 1.54) is 12.1 Å². The SMILES string of the molecule is CC(C)(C)C1=CCCN1. The molecule has 0 spiro atoms. The van der Waals surface area contributed by atoms with Crippen LogP contribution in [-0.2, 0) is 0 Å². The molecule has 0 radical (unpaired) electrons. The van der Waals surface area contributed by atoms with Gasteiger partial charge in [0.05, 0.1) is 0 Å². The van der Waals surface area contributed by atoms with Crippen LogP contribution < -0.4 is 5.32 Å². The molecule has 52 valence electrons. The number of nitrogens with one attached hydrogen (secondary N) is 1. The van der Waals surface area contributed by atoms with Gasteiger partial charge in [0.1, 0.15) is 0 Å². The molecule has 0 fully saturated rings. The van der Waals surface area contributed by atoms with Crippen molar-refractivity contribution in [1.82, 2.24) is 5.32 Å². The normalized spacial score (nSPS) is 19.2. The van der Waals surface area contributed by atoms with Crippen molar-refractivity contribution in [2.75, 3.05) is 6.54 Å². The summed E-state index contributed by atoms with van der Waals surface area (Å²) in [6.45, 7) is 7.83. The fourth-order valence-corrected chi connectivity index (χ4v) is 1.07. The summed E-state index contributed by atoms with van der Waals surface area (Å²) in [5.41, 5.74) is 1.73. The molecule has 1 rings (SSSR count). The Kier molecular flexibility index (Phi) is 1.52. The van der Waals surface area contributed by atoms with Crippen molar-refractivity contribution in [3.8, 4) is 0 Å². The molecule has 0 aromatic carbocycles. The highest BCUT2D eigenvalue weighted by molar-refractivity contribution is 5.12. The van der Waals surface area contributed by atoms with Crippen LogP contribution in [0.2, 0.25) is 0 Å². The Bertz CT molecular complexity index is 128. The zero-order chi connectivity index (χ0) is 6.91. The molecule has 0 amide bonds. The highest BCUT2D eigenvalue weighted by Gasteiger charge is 2.18. The summed E-state index contributed by atoms with van der Waals surface area (Å²) in [4.78, 5) is 0. The molecule has 1 nitrogen and oxygen atoms in total. The van der Waals surface area contributed by atoms with Crippen molar-refractivity contribution in [3.63, 3.8) is 0 Å². The molecule has 1 heterocycles. The standard InChI is InChI=1S/C8H15N/c1-8(2,3)7-5-4-6-9-7/h5,9H,4,6H2,1-3H3. The van der Waals surface area contributed by atoms with Gasteiger partial charge in [-0.3, -0.25) is 0 Å². The maximum atomic E-state index is 3.36. The third-order valence-electron chi connectivity index (χ3n) is 1.62. The van der Waals surface area contributed by atoms with Crippen LogP contribution in [0.4, 0.5) is 0 Å². The maximum Gasteiger partial charge on any atom is 0.0179 e. The van der Waals surface area contributed by atoms with Crippen molar-refractivity contribution in [2.45, 2.75) is 27.2 Å². The molecule has 0 bridgehead atoms. The van der Waals surface area contributed by atoms with Crippen LogP contribution in [0.25, 0.3) is 0 Å². The molecule has 1 aliphatic heterocycles. The van der Waals surface area contributed by atoms with E-state index >= 15 is 0 Å². The van der Waals surface area contributed by atoms with E-state index in [1.807, 2.05) is 0 Å². The van der Waals surface area contributed by atoms with Gasteiger partial charge in [-0.25, -0.2) is 0 Å². The lowest BCUT2D eigenvalue weighted by Crippen LogP contribution is -2.20. The van der Waals surface area contributed by atoms with Gasteiger partial charge in [-0.05, 0) is 6.42 Å². The molecule has 0 aromatic heterocycles. The van der Waals surface area contributed by atoms with E-state index in [9.17, 15) is 0 Å². The topological polar surface area (TPSA) is 12.0 Å². The predicted molar refractivity (Wildman–Crippen MR) is 40.2 cm³/mol. The highest BCUT2D eigenvalue weighted by atomic mass is 14.9. The van der Waals surface area contributed by atoms with Crippen LogP contribution in [0.5, 0.6) is 0 Å². The average molecular weight is 125 g/mol. The molecule has 0 aromatic rings. The predicted octanol–water partition coefficient (Wildman–Crippen LogP) is 1.91. The van der Waals surface area contributed by atoms with E-state index < -0.39 is 0 Å². The molecule has 1 aliphatic rings.